The summed E-state index contributed by atoms with van der Waals surface area (Å²) in [5.74, 6) is -1.33. The molecule has 0 saturated carbocycles. The van der Waals surface area contributed by atoms with Crippen LogP contribution in [-0.2, 0) is 14.4 Å². The van der Waals surface area contributed by atoms with Crippen LogP contribution < -0.4 is 10.1 Å². The van der Waals surface area contributed by atoms with Crippen molar-refractivity contribution in [2.24, 2.45) is 0 Å². The molecule has 2 aromatic rings. The number of anilines is 1. The number of thioether (sulfide) groups is 1. The van der Waals surface area contributed by atoms with E-state index in [-0.39, 0.29) is 16.8 Å². The number of rotatable bonds is 7. The number of benzene rings is 2. The molecule has 0 atom stereocenters. The van der Waals surface area contributed by atoms with Crippen molar-refractivity contribution in [2.75, 3.05) is 18.5 Å². The maximum Gasteiger partial charge on any atom is 0.323 e. The Bertz CT molecular complexity index is 974. The first kappa shape index (κ1) is 20.6. The van der Waals surface area contributed by atoms with Gasteiger partial charge >= 0.3 is 5.97 Å². The first-order chi connectivity index (χ1) is 13.9. The largest absolute Gasteiger partial charge is 0.484 e. The topological polar surface area (TPSA) is 95.9 Å². The maximum absolute atomic E-state index is 12.3. The molecule has 1 aliphatic heterocycles. The van der Waals surface area contributed by atoms with Crippen molar-refractivity contribution in [1.82, 2.24) is 4.90 Å². The number of amides is 2. The first-order valence-electron chi connectivity index (χ1n) is 8.47. The highest BCUT2D eigenvalue weighted by Gasteiger charge is 2.33. The third kappa shape index (κ3) is 5.66. The second kappa shape index (κ2) is 9.35. The molecule has 0 aliphatic carbocycles. The van der Waals surface area contributed by atoms with Gasteiger partial charge in [0.05, 0.1) is 4.91 Å². The number of carboxylic acid groups (broad SMARTS) is 1. The molecule has 1 fully saturated rings. The number of nitrogens with one attached hydrogen (secondary N) is 1. The number of hydrogen-bond donors (Lipinski definition) is 2. The summed E-state index contributed by atoms with van der Waals surface area (Å²) in [6, 6.07) is 15.9. The standard InChI is InChI=1S/C20H16N2O5S2/c23-17(21-14-4-2-1-3-5-14)12-27-15-8-6-13(7-9-15)10-16-19(26)22(11-18(24)25)20(28)29-16/h1-10H,11-12H2,(H,21,23)(H,24,25)/b16-10+. The van der Waals surface area contributed by atoms with E-state index in [1.165, 1.54) is 0 Å². The number of carbonyl (C=O) groups is 3. The van der Waals surface area contributed by atoms with E-state index < -0.39 is 18.4 Å². The molecule has 0 aromatic heterocycles. The van der Waals surface area contributed by atoms with Crippen LogP contribution >= 0.6 is 24.0 Å². The minimum Gasteiger partial charge on any atom is -0.484 e. The molecule has 148 valence electrons. The molecule has 1 saturated heterocycles. The second-order valence-corrected chi connectivity index (χ2v) is 7.61. The van der Waals surface area contributed by atoms with Crippen LogP contribution in [0, 0.1) is 0 Å². The fourth-order valence-electron chi connectivity index (χ4n) is 2.45. The van der Waals surface area contributed by atoms with E-state index >= 15 is 0 Å². The average Bonchev–Trinajstić information content (AvgIpc) is 2.95. The van der Waals surface area contributed by atoms with Gasteiger partial charge in [-0.05, 0) is 35.9 Å². The van der Waals surface area contributed by atoms with Gasteiger partial charge in [-0.3, -0.25) is 19.3 Å². The molecule has 0 spiro atoms. The smallest absolute Gasteiger partial charge is 0.323 e. The van der Waals surface area contributed by atoms with Crippen LogP contribution in [-0.4, -0.2) is 45.3 Å². The normalized spacial score (nSPS) is 14.9. The van der Waals surface area contributed by atoms with Gasteiger partial charge in [0.2, 0.25) is 0 Å². The maximum atomic E-state index is 12.3. The Morgan fingerprint density at radius 3 is 2.48 bits per heavy atom. The van der Waals surface area contributed by atoms with Gasteiger partial charge in [-0.25, -0.2) is 0 Å². The Hall–Kier alpha value is -3.17. The van der Waals surface area contributed by atoms with Gasteiger partial charge in [-0.15, -0.1) is 0 Å². The van der Waals surface area contributed by atoms with E-state index in [9.17, 15) is 14.4 Å². The fraction of sp³-hybridized carbons (Fsp3) is 0.100. The van der Waals surface area contributed by atoms with Crippen molar-refractivity contribution in [3.05, 3.63) is 65.1 Å². The molecule has 29 heavy (non-hydrogen) atoms. The van der Waals surface area contributed by atoms with Crippen molar-refractivity contribution in [3.63, 3.8) is 0 Å². The van der Waals surface area contributed by atoms with Crippen LogP contribution in [0.3, 0.4) is 0 Å². The molecule has 0 unspecified atom stereocenters. The number of ether oxygens (including phenoxy) is 1. The van der Waals surface area contributed by atoms with Gasteiger partial charge in [0.15, 0.2) is 6.61 Å². The molecule has 7 nitrogen and oxygen atoms in total. The van der Waals surface area contributed by atoms with Crippen molar-refractivity contribution >= 4 is 57.8 Å². The second-order valence-electron chi connectivity index (χ2n) is 5.93. The lowest BCUT2D eigenvalue weighted by molar-refractivity contribution is -0.140. The van der Waals surface area contributed by atoms with Gasteiger partial charge in [-0.2, -0.15) is 0 Å². The summed E-state index contributed by atoms with van der Waals surface area (Å²) in [5.41, 5.74) is 1.42. The van der Waals surface area contributed by atoms with Crippen LogP contribution in [0.2, 0.25) is 0 Å². The summed E-state index contributed by atoms with van der Waals surface area (Å²) < 4.78 is 5.68. The summed E-state index contributed by atoms with van der Waals surface area (Å²) in [7, 11) is 0. The van der Waals surface area contributed by atoms with Crippen LogP contribution in [0.15, 0.2) is 59.5 Å². The van der Waals surface area contributed by atoms with Crippen LogP contribution in [0.4, 0.5) is 5.69 Å². The minimum absolute atomic E-state index is 0.137. The van der Waals surface area contributed by atoms with E-state index in [1.54, 1.807) is 42.5 Å². The zero-order valence-electron chi connectivity index (χ0n) is 15.0. The van der Waals surface area contributed by atoms with Gasteiger partial charge in [0, 0.05) is 5.69 Å². The van der Waals surface area contributed by atoms with Gasteiger partial charge in [0.1, 0.15) is 16.6 Å². The van der Waals surface area contributed by atoms with Crippen molar-refractivity contribution in [1.29, 1.82) is 0 Å². The van der Waals surface area contributed by atoms with E-state index in [4.69, 9.17) is 22.1 Å². The fourth-order valence-corrected chi connectivity index (χ4v) is 3.71. The number of nitrogens with zero attached hydrogens (tertiary/aromatic N) is 1. The molecular weight excluding hydrogens is 412 g/mol. The number of thiocarbonyl (C=S) groups is 1. The summed E-state index contributed by atoms with van der Waals surface area (Å²) in [5, 5.41) is 11.6. The van der Waals surface area contributed by atoms with Gasteiger partial charge in [-0.1, -0.05) is 54.3 Å². The number of carboxylic acids is 1. The zero-order chi connectivity index (χ0) is 20.8. The number of carbonyl (C=O) groups excluding carboxylic acids is 2. The first-order valence-corrected chi connectivity index (χ1v) is 9.70. The van der Waals surface area contributed by atoms with Crippen LogP contribution in [0.5, 0.6) is 5.75 Å². The Morgan fingerprint density at radius 1 is 1.14 bits per heavy atom. The average molecular weight is 428 g/mol. The lowest BCUT2D eigenvalue weighted by Gasteiger charge is -2.10. The Morgan fingerprint density at radius 2 is 1.83 bits per heavy atom. The summed E-state index contributed by atoms with van der Waals surface area (Å²) in [4.78, 5) is 36.4. The quantitative estimate of drug-likeness (QED) is 0.517. The highest BCUT2D eigenvalue weighted by molar-refractivity contribution is 8.26. The van der Waals surface area contributed by atoms with Crippen molar-refractivity contribution in [3.8, 4) is 5.75 Å². The molecule has 0 radical (unpaired) electrons. The van der Waals surface area contributed by atoms with E-state index in [2.05, 4.69) is 5.32 Å². The number of para-hydroxylation sites is 1. The molecule has 2 aromatic carbocycles. The Kier molecular flexibility index (Phi) is 6.63. The van der Waals surface area contributed by atoms with E-state index in [0.29, 0.717) is 16.3 Å². The van der Waals surface area contributed by atoms with Gasteiger partial charge in [0.25, 0.3) is 11.8 Å². The third-order valence-electron chi connectivity index (χ3n) is 3.77. The molecule has 1 aliphatic rings. The van der Waals surface area contributed by atoms with Gasteiger partial charge < -0.3 is 15.2 Å². The number of hydrogen-bond acceptors (Lipinski definition) is 6. The molecule has 2 N–H and O–H groups in total. The lowest BCUT2D eigenvalue weighted by Crippen LogP contribution is -2.33. The van der Waals surface area contributed by atoms with Crippen molar-refractivity contribution in [2.45, 2.75) is 0 Å². The Balaban J connectivity index is 1.57. The third-order valence-corrected chi connectivity index (χ3v) is 5.15. The van der Waals surface area contributed by atoms with Crippen molar-refractivity contribution < 1.29 is 24.2 Å². The van der Waals surface area contributed by atoms with E-state index in [0.717, 1.165) is 22.2 Å². The summed E-state index contributed by atoms with van der Waals surface area (Å²) in [6.07, 6.45) is 1.63. The molecule has 9 heteroatoms. The van der Waals surface area contributed by atoms with Crippen LogP contribution in [0.1, 0.15) is 5.56 Å². The van der Waals surface area contributed by atoms with Crippen LogP contribution in [0.25, 0.3) is 6.08 Å². The minimum atomic E-state index is -1.12. The SMILES string of the molecule is O=C(O)CN1C(=O)/C(=C\c2ccc(OCC(=O)Nc3ccccc3)cc2)SC1=S. The monoisotopic (exact) mass is 428 g/mol. The lowest BCUT2D eigenvalue weighted by atomic mass is 10.2. The molecule has 2 amide bonds. The molecular formula is C20H16N2O5S2. The summed E-state index contributed by atoms with van der Waals surface area (Å²) >= 11 is 6.12. The summed E-state index contributed by atoms with van der Waals surface area (Å²) in [6.45, 7) is -0.595. The predicted octanol–water partition coefficient (Wildman–Crippen LogP) is 2.99. The molecule has 0 bridgehead atoms. The molecule has 1 heterocycles. The highest BCUT2D eigenvalue weighted by Crippen LogP contribution is 2.32. The Labute approximate surface area is 176 Å². The highest BCUT2D eigenvalue weighted by atomic mass is 32.2. The zero-order valence-corrected chi connectivity index (χ0v) is 16.7. The predicted molar refractivity (Wildman–Crippen MR) is 115 cm³/mol. The van der Waals surface area contributed by atoms with E-state index in [1.807, 2.05) is 18.2 Å². The number of aliphatic carboxylic acids is 1. The molecule has 3 rings (SSSR count).